The first-order chi connectivity index (χ1) is 9.04. The summed E-state index contributed by atoms with van der Waals surface area (Å²) in [5.41, 5.74) is 0. The van der Waals surface area contributed by atoms with Crippen LogP contribution < -0.4 is 10.6 Å². The van der Waals surface area contributed by atoms with Gasteiger partial charge in [-0.05, 0) is 53.4 Å². The van der Waals surface area contributed by atoms with E-state index >= 15 is 0 Å². The van der Waals surface area contributed by atoms with Gasteiger partial charge in [0, 0.05) is 38.3 Å². The van der Waals surface area contributed by atoms with Crippen molar-refractivity contribution in [3.05, 3.63) is 0 Å². The Morgan fingerprint density at radius 3 is 2.20 bits per heavy atom. The van der Waals surface area contributed by atoms with Crippen molar-refractivity contribution in [2.75, 3.05) is 26.2 Å². The molecule has 0 aliphatic heterocycles. The van der Waals surface area contributed by atoms with Gasteiger partial charge in [0.15, 0.2) is 5.96 Å². The van der Waals surface area contributed by atoms with Crippen LogP contribution in [0.4, 0.5) is 0 Å². The van der Waals surface area contributed by atoms with Crippen LogP contribution in [-0.4, -0.2) is 49.1 Å². The standard InChI is InChI=1S/C15H32N4.HI/c1-6-16-15(18-11-14-7-8-14)17-9-10-19(12(2)3)13(4)5;/h12-14H,6-11H2,1-5H3,(H2,16,17,18);1H. The Hall–Kier alpha value is -0.0400. The molecule has 20 heavy (non-hydrogen) atoms. The maximum absolute atomic E-state index is 4.64. The first kappa shape index (κ1) is 20.0. The minimum Gasteiger partial charge on any atom is -0.357 e. The van der Waals surface area contributed by atoms with Gasteiger partial charge in [0.05, 0.1) is 0 Å². The summed E-state index contributed by atoms with van der Waals surface area (Å²) in [4.78, 5) is 7.14. The lowest BCUT2D eigenvalue weighted by molar-refractivity contribution is 0.178. The normalized spacial score (nSPS) is 15.7. The van der Waals surface area contributed by atoms with E-state index < -0.39 is 0 Å². The van der Waals surface area contributed by atoms with Crippen molar-refractivity contribution in [3.63, 3.8) is 0 Å². The van der Waals surface area contributed by atoms with Gasteiger partial charge in [-0.25, -0.2) is 0 Å². The molecule has 0 radical (unpaired) electrons. The largest absolute Gasteiger partial charge is 0.357 e. The Balaban J connectivity index is 0.00000361. The molecule has 1 fully saturated rings. The number of nitrogens with zero attached hydrogens (tertiary/aromatic N) is 2. The molecular formula is C15H33IN4. The second-order valence-electron chi connectivity index (χ2n) is 6.02. The molecule has 0 saturated heterocycles. The molecule has 4 nitrogen and oxygen atoms in total. The predicted molar refractivity (Wildman–Crippen MR) is 99.1 cm³/mol. The quantitative estimate of drug-likeness (QED) is 0.377. The molecule has 1 saturated carbocycles. The fraction of sp³-hybridized carbons (Fsp3) is 0.933. The molecule has 2 N–H and O–H groups in total. The Labute approximate surface area is 142 Å². The van der Waals surface area contributed by atoms with Crippen molar-refractivity contribution in [1.82, 2.24) is 15.5 Å². The molecule has 120 valence electrons. The molecule has 0 spiro atoms. The van der Waals surface area contributed by atoms with Gasteiger partial charge in [0.2, 0.25) is 0 Å². The smallest absolute Gasteiger partial charge is 0.191 e. The number of rotatable bonds is 8. The Kier molecular flexibility index (Phi) is 10.6. The molecular weight excluding hydrogens is 363 g/mol. The van der Waals surface area contributed by atoms with Crippen molar-refractivity contribution in [2.45, 2.75) is 59.5 Å². The first-order valence-corrected chi connectivity index (χ1v) is 7.82. The summed E-state index contributed by atoms with van der Waals surface area (Å²) >= 11 is 0. The van der Waals surface area contributed by atoms with Crippen molar-refractivity contribution in [1.29, 1.82) is 0 Å². The van der Waals surface area contributed by atoms with Gasteiger partial charge in [0.25, 0.3) is 0 Å². The number of aliphatic imine (C=N–C) groups is 1. The molecule has 5 heteroatoms. The van der Waals surface area contributed by atoms with Crippen LogP contribution in [0.2, 0.25) is 0 Å². The number of hydrogen-bond acceptors (Lipinski definition) is 2. The fourth-order valence-corrected chi connectivity index (χ4v) is 2.28. The maximum atomic E-state index is 4.64. The zero-order chi connectivity index (χ0) is 14.3. The first-order valence-electron chi connectivity index (χ1n) is 7.82. The van der Waals surface area contributed by atoms with Crippen molar-refractivity contribution in [2.24, 2.45) is 10.9 Å². The van der Waals surface area contributed by atoms with E-state index in [-0.39, 0.29) is 24.0 Å². The number of nitrogens with one attached hydrogen (secondary N) is 2. The van der Waals surface area contributed by atoms with Crippen LogP contribution >= 0.6 is 24.0 Å². The second-order valence-corrected chi connectivity index (χ2v) is 6.02. The molecule has 0 bridgehead atoms. The zero-order valence-corrected chi connectivity index (χ0v) is 16.1. The highest BCUT2D eigenvalue weighted by Crippen LogP contribution is 2.28. The summed E-state index contributed by atoms with van der Waals surface area (Å²) in [6, 6.07) is 1.18. The number of halogens is 1. The SMILES string of the molecule is CCNC(=NCC1CC1)NCCN(C(C)C)C(C)C.I. The molecule has 0 amide bonds. The second kappa shape index (κ2) is 10.7. The molecule has 1 rings (SSSR count). The van der Waals surface area contributed by atoms with E-state index in [4.69, 9.17) is 0 Å². The molecule has 0 unspecified atom stereocenters. The molecule has 0 aromatic heterocycles. The van der Waals surface area contributed by atoms with E-state index in [0.717, 1.165) is 38.1 Å². The Morgan fingerprint density at radius 2 is 1.75 bits per heavy atom. The molecule has 1 aliphatic carbocycles. The molecule has 0 heterocycles. The van der Waals surface area contributed by atoms with E-state index in [2.05, 4.69) is 55.1 Å². The predicted octanol–water partition coefficient (Wildman–Crippen LogP) is 2.69. The lowest BCUT2D eigenvalue weighted by Crippen LogP contribution is -2.45. The molecule has 0 aromatic carbocycles. The van der Waals surface area contributed by atoms with E-state index in [1.165, 1.54) is 12.8 Å². The van der Waals surface area contributed by atoms with Crippen LogP contribution in [0.1, 0.15) is 47.5 Å². The molecule has 0 aromatic rings. The minimum absolute atomic E-state index is 0. The fourth-order valence-electron chi connectivity index (χ4n) is 2.28. The Morgan fingerprint density at radius 1 is 1.15 bits per heavy atom. The van der Waals surface area contributed by atoms with Gasteiger partial charge in [0.1, 0.15) is 0 Å². The monoisotopic (exact) mass is 396 g/mol. The average molecular weight is 396 g/mol. The summed E-state index contributed by atoms with van der Waals surface area (Å²) in [6.07, 6.45) is 2.72. The van der Waals surface area contributed by atoms with Crippen LogP contribution in [0.25, 0.3) is 0 Å². The lowest BCUT2D eigenvalue weighted by Gasteiger charge is -2.30. The Bertz CT molecular complexity index is 267. The van der Waals surface area contributed by atoms with Gasteiger partial charge in [-0.2, -0.15) is 0 Å². The zero-order valence-electron chi connectivity index (χ0n) is 13.8. The summed E-state index contributed by atoms with van der Waals surface area (Å²) in [7, 11) is 0. The minimum atomic E-state index is 0. The third kappa shape index (κ3) is 8.29. The third-order valence-corrected chi connectivity index (χ3v) is 3.54. The van der Waals surface area contributed by atoms with E-state index in [0.29, 0.717) is 12.1 Å². The topological polar surface area (TPSA) is 39.7 Å². The number of guanidine groups is 1. The van der Waals surface area contributed by atoms with Crippen LogP contribution in [0, 0.1) is 5.92 Å². The van der Waals surface area contributed by atoms with E-state index in [1.54, 1.807) is 0 Å². The van der Waals surface area contributed by atoms with Crippen molar-refractivity contribution in [3.8, 4) is 0 Å². The van der Waals surface area contributed by atoms with E-state index in [9.17, 15) is 0 Å². The highest BCUT2D eigenvalue weighted by atomic mass is 127. The van der Waals surface area contributed by atoms with Crippen molar-refractivity contribution < 1.29 is 0 Å². The summed E-state index contributed by atoms with van der Waals surface area (Å²) < 4.78 is 0. The average Bonchev–Trinajstić information content (AvgIpc) is 3.14. The summed E-state index contributed by atoms with van der Waals surface area (Å²) in [5.74, 6) is 1.82. The van der Waals surface area contributed by atoms with Gasteiger partial charge in [-0.15, -0.1) is 24.0 Å². The van der Waals surface area contributed by atoms with E-state index in [1.807, 2.05) is 0 Å². The molecule has 1 aliphatic rings. The summed E-state index contributed by atoms with van der Waals surface area (Å²) in [5, 5.41) is 6.76. The van der Waals surface area contributed by atoms with Crippen molar-refractivity contribution >= 4 is 29.9 Å². The lowest BCUT2D eigenvalue weighted by atomic mass is 10.2. The highest BCUT2D eigenvalue weighted by Gasteiger charge is 2.20. The van der Waals surface area contributed by atoms with Crippen LogP contribution in [0.5, 0.6) is 0 Å². The summed E-state index contributed by atoms with van der Waals surface area (Å²) in [6.45, 7) is 15.1. The van der Waals surface area contributed by atoms with Gasteiger partial charge in [-0.1, -0.05) is 0 Å². The van der Waals surface area contributed by atoms with Crippen LogP contribution in [0.3, 0.4) is 0 Å². The number of hydrogen-bond donors (Lipinski definition) is 2. The third-order valence-electron chi connectivity index (χ3n) is 3.54. The highest BCUT2D eigenvalue weighted by molar-refractivity contribution is 14.0. The van der Waals surface area contributed by atoms with Crippen LogP contribution in [-0.2, 0) is 0 Å². The molecule has 0 atom stereocenters. The van der Waals surface area contributed by atoms with Gasteiger partial charge in [-0.3, -0.25) is 9.89 Å². The van der Waals surface area contributed by atoms with Gasteiger partial charge < -0.3 is 10.6 Å². The van der Waals surface area contributed by atoms with Gasteiger partial charge >= 0.3 is 0 Å². The maximum Gasteiger partial charge on any atom is 0.191 e. The van der Waals surface area contributed by atoms with Crippen LogP contribution in [0.15, 0.2) is 4.99 Å².